The van der Waals surface area contributed by atoms with Crippen molar-refractivity contribution in [3.8, 4) is 11.4 Å². The van der Waals surface area contributed by atoms with E-state index in [0.29, 0.717) is 11.5 Å². The molecule has 1 aliphatic rings. The van der Waals surface area contributed by atoms with Crippen LogP contribution in [0.4, 0.5) is 5.82 Å². The molecule has 3 N–H and O–H groups in total. The van der Waals surface area contributed by atoms with Crippen LogP contribution in [0.2, 0.25) is 0 Å². The molecule has 2 aromatic heterocycles. The summed E-state index contributed by atoms with van der Waals surface area (Å²) in [5.41, 5.74) is 11.3. The van der Waals surface area contributed by atoms with Crippen molar-refractivity contribution in [3.05, 3.63) is 41.5 Å². The number of aromatic amines is 1. The molecule has 0 aliphatic heterocycles. The van der Waals surface area contributed by atoms with Gasteiger partial charge in [0.2, 0.25) is 0 Å². The van der Waals surface area contributed by atoms with Crippen LogP contribution in [0, 0.1) is 0 Å². The minimum atomic E-state index is 0.500. The lowest BCUT2D eigenvalue weighted by molar-refractivity contribution is 0.912. The summed E-state index contributed by atoms with van der Waals surface area (Å²) in [7, 11) is 0. The normalized spacial score (nSPS) is 13.9. The van der Waals surface area contributed by atoms with E-state index in [9.17, 15) is 0 Å². The Labute approximate surface area is 110 Å². The number of hydrogen-bond acceptors (Lipinski definition) is 3. The summed E-state index contributed by atoms with van der Waals surface area (Å²) < 4.78 is 0. The molecule has 1 aliphatic carbocycles. The van der Waals surface area contributed by atoms with Crippen molar-refractivity contribution in [2.75, 3.05) is 5.73 Å². The van der Waals surface area contributed by atoms with E-state index >= 15 is 0 Å². The SMILES string of the molecule is Nc1ccc2[nH]c(-c3ccc4c(c3)CCC4)nc2n1. The van der Waals surface area contributed by atoms with E-state index in [4.69, 9.17) is 5.73 Å². The van der Waals surface area contributed by atoms with Crippen LogP contribution in [0.25, 0.3) is 22.6 Å². The molecule has 2 heterocycles. The zero-order valence-electron chi connectivity index (χ0n) is 10.5. The molecule has 4 nitrogen and oxygen atoms in total. The van der Waals surface area contributed by atoms with Gasteiger partial charge in [0.15, 0.2) is 5.65 Å². The predicted molar refractivity (Wildman–Crippen MR) is 75.8 cm³/mol. The number of rotatable bonds is 1. The van der Waals surface area contributed by atoms with Crippen molar-refractivity contribution in [2.45, 2.75) is 19.3 Å². The van der Waals surface area contributed by atoms with Gasteiger partial charge in [0.05, 0.1) is 5.52 Å². The highest BCUT2D eigenvalue weighted by atomic mass is 15.0. The second-order valence-corrected chi connectivity index (χ2v) is 5.03. The number of nitrogens with zero attached hydrogens (tertiary/aromatic N) is 2. The highest BCUT2D eigenvalue weighted by Gasteiger charge is 2.13. The smallest absolute Gasteiger partial charge is 0.180 e. The largest absolute Gasteiger partial charge is 0.384 e. The quantitative estimate of drug-likeness (QED) is 0.697. The third-order valence-corrected chi connectivity index (χ3v) is 3.74. The van der Waals surface area contributed by atoms with Gasteiger partial charge in [-0.15, -0.1) is 0 Å². The van der Waals surface area contributed by atoms with Crippen LogP contribution in [0.5, 0.6) is 0 Å². The van der Waals surface area contributed by atoms with Crippen molar-refractivity contribution < 1.29 is 0 Å². The van der Waals surface area contributed by atoms with Crippen molar-refractivity contribution in [3.63, 3.8) is 0 Å². The summed E-state index contributed by atoms with van der Waals surface area (Å²) >= 11 is 0. The molecule has 4 heteroatoms. The number of nitrogens with one attached hydrogen (secondary N) is 1. The summed E-state index contributed by atoms with van der Waals surface area (Å²) in [5, 5.41) is 0. The first-order chi connectivity index (χ1) is 9.29. The van der Waals surface area contributed by atoms with Crippen LogP contribution in [-0.4, -0.2) is 15.0 Å². The minimum Gasteiger partial charge on any atom is -0.384 e. The fourth-order valence-electron chi connectivity index (χ4n) is 2.76. The first kappa shape index (κ1) is 10.6. The molecule has 1 aromatic carbocycles. The Morgan fingerprint density at radius 3 is 2.84 bits per heavy atom. The Hall–Kier alpha value is -2.36. The lowest BCUT2D eigenvalue weighted by Crippen LogP contribution is -1.88. The molecular weight excluding hydrogens is 236 g/mol. The Balaban J connectivity index is 1.85. The molecule has 94 valence electrons. The van der Waals surface area contributed by atoms with Crippen LogP contribution in [-0.2, 0) is 12.8 Å². The lowest BCUT2D eigenvalue weighted by atomic mass is 10.1. The molecule has 0 spiro atoms. The Morgan fingerprint density at radius 2 is 1.89 bits per heavy atom. The van der Waals surface area contributed by atoms with E-state index in [0.717, 1.165) is 16.9 Å². The van der Waals surface area contributed by atoms with Crippen LogP contribution < -0.4 is 5.73 Å². The molecule has 0 bridgehead atoms. The summed E-state index contributed by atoms with van der Waals surface area (Å²) in [5.74, 6) is 1.36. The maximum atomic E-state index is 5.68. The Kier molecular flexibility index (Phi) is 2.12. The van der Waals surface area contributed by atoms with Gasteiger partial charge in [-0.05, 0) is 48.6 Å². The number of anilines is 1. The average Bonchev–Trinajstić information content (AvgIpc) is 3.02. The van der Waals surface area contributed by atoms with E-state index in [1.807, 2.05) is 6.07 Å². The number of nitrogen functional groups attached to an aromatic ring is 1. The molecule has 4 rings (SSSR count). The molecule has 3 aromatic rings. The highest BCUT2D eigenvalue weighted by molar-refractivity contribution is 5.77. The van der Waals surface area contributed by atoms with Gasteiger partial charge < -0.3 is 10.7 Å². The Morgan fingerprint density at radius 1 is 1.00 bits per heavy atom. The molecule has 0 unspecified atom stereocenters. The van der Waals surface area contributed by atoms with Gasteiger partial charge in [-0.2, -0.15) is 0 Å². The molecule has 0 amide bonds. The van der Waals surface area contributed by atoms with Crippen molar-refractivity contribution >= 4 is 17.0 Å². The third-order valence-electron chi connectivity index (χ3n) is 3.74. The highest BCUT2D eigenvalue weighted by Crippen LogP contribution is 2.27. The van der Waals surface area contributed by atoms with Gasteiger partial charge in [0.25, 0.3) is 0 Å². The van der Waals surface area contributed by atoms with Crippen LogP contribution in [0.15, 0.2) is 30.3 Å². The molecule has 0 saturated carbocycles. The number of aryl methyl sites for hydroxylation is 2. The van der Waals surface area contributed by atoms with E-state index in [1.54, 1.807) is 6.07 Å². The number of aromatic nitrogens is 3. The molecule has 0 fully saturated rings. The van der Waals surface area contributed by atoms with E-state index in [-0.39, 0.29) is 0 Å². The van der Waals surface area contributed by atoms with Crippen LogP contribution in [0.1, 0.15) is 17.5 Å². The number of H-pyrrole nitrogens is 1. The molecule has 0 radical (unpaired) electrons. The maximum absolute atomic E-state index is 5.68. The predicted octanol–water partition coefficient (Wildman–Crippen LogP) is 2.70. The first-order valence-electron chi connectivity index (χ1n) is 6.54. The van der Waals surface area contributed by atoms with E-state index in [2.05, 4.69) is 33.2 Å². The minimum absolute atomic E-state index is 0.500. The average molecular weight is 250 g/mol. The molecule has 0 saturated heterocycles. The van der Waals surface area contributed by atoms with Gasteiger partial charge in [-0.25, -0.2) is 9.97 Å². The first-order valence-corrected chi connectivity index (χ1v) is 6.54. The van der Waals surface area contributed by atoms with Gasteiger partial charge in [-0.3, -0.25) is 0 Å². The Bertz CT molecular complexity index is 773. The van der Waals surface area contributed by atoms with Gasteiger partial charge >= 0.3 is 0 Å². The maximum Gasteiger partial charge on any atom is 0.180 e. The second-order valence-electron chi connectivity index (χ2n) is 5.03. The summed E-state index contributed by atoms with van der Waals surface area (Å²) in [6.07, 6.45) is 3.64. The van der Waals surface area contributed by atoms with Crippen LogP contribution >= 0.6 is 0 Å². The third kappa shape index (κ3) is 1.68. The second kappa shape index (κ2) is 3.82. The lowest BCUT2D eigenvalue weighted by Gasteiger charge is -2.01. The number of imidazole rings is 1. The van der Waals surface area contributed by atoms with Gasteiger partial charge in [0.1, 0.15) is 11.6 Å². The van der Waals surface area contributed by atoms with Crippen molar-refractivity contribution in [1.82, 2.24) is 15.0 Å². The fourth-order valence-corrected chi connectivity index (χ4v) is 2.76. The van der Waals surface area contributed by atoms with Crippen molar-refractivity contribution in [1.29, 1.82) is 0 Å². The van der Waals surface area contributed by atoms with Crippen LogP contribution in [0.3, 0.4) is 0 Å². The monoisotopic (exact) mass is 250 g/mol. The van der Waals surface area contributed by atoms with E-state index in [1.165, 1.54) is 30.4 Å². The topological polar surface area (TPSA) is 67.6 Å². The molecular formula is C15H14N4. The molecule has 19 heavy (non-hydrogen) atoms. The van der Waals surface area contributed by atoms with Gasteiger partial charge in [0, 0.05) is 5.56 Å². The van der Waals surface area contributed by atoms with Crippen molar-refractivity contribution in [2.24, 2.45) is 0 Å². The van der Waals surface area contributed by atoms with E-state index < -0.39 is 0 Å². The number of hydrogen-bond donors (Lipinski definition) is 2. The fraction of sp³-hybridized carbons (Fsp3) is 0.200. The zero-order chi connectivity index (χ0) is 12.8. The number of fused-ring (bicyclic) bond motifs is 2. The summed E-state index contributed by atoms with van der Waals surface area (Å²) in [6, 6.07) is 10.3. The standard InChI is InChI=1S/C15H14N4/c16-13-7-6-12-15(18-13)19-14(17-12)11-5-4-9-2-1-3-10(9)8-11/h4-8H,1-3H2,(H3,16,17,18,19). The summed E-state index contributed by atoms with van der Waals surface area (Å²) in [6.45, 7) is 0. The molecule has 0 atom stereocenters. The zero-order valence-corrected chi connectivity index (χ0v) is 10.5. The number of nitrogens with two attached hydrogens (primary N) is 1. The number of pyridine rings is 1. The number of benzene rings is 1. The summed E-state index contributed by atoms with van der Waals surface area (Å²) in [4.78, 5) is 12.1. The van der Waals surface area contributed by atoms with Gasteiger partial charge in [-0.1, -0.05) is 12.1 Å².